The zero-order valence-corrected chi connectivity index (χ0v) is 11.2. The summed E-state index contributed by atoms with van der Waals surface area (Å²) in [5.41, 5.74) is 1.37. The van der Waals surface area contributed by atoms with Gasteiger partial charge in [-0.05, 0) is 24.3 Å². The molecular weight excluding hydrogens is 273 g/mol. The van der Waals surface area contributed by atoms with E-state index >= 15 is 0 Å². The molecule has 21 heavy (non-hydrogen) atoms. The molecule has 1 aromatic heterocycles. The highest BCUT2D eigenvalue weighted by Gasteiger charge is 2.08. The summed E-state index contributed by atoms with van der Waals surface area (Å²) < 4.78 is 18.5. The molecule has 1 aromatic carbocycles. The van der Waals surface area contributed by atoms with Gasteiger partial charge in [-0.2, -0.15) is 0 Å². The van der Waals surface area contributed by atoms with Gasteiger partial charge in [0.2, 0.25) is 0 Å². The molecule has 0 aliphatic rings. The summed E-state index contributed by atoms with van der Waals surface area (Å²) in [6.07, 6.45) is 3.08. The Morgan fingerprint density at radius 3 is 2.95 bits per heavy atom. The third-order valence-corrected chi connectivity index (χ3v) is 2.74. The van der Waals surface area contributed by atoms with E-state index in [1.165, 1.54) is 24.7 Å². The van der Waals surface area contributed by atoms with E-state index in [0.29, 0.717) is 23.1 Å². The van der Waals surface area contributed by atoms with Gasteiger partial charge in [-0.15, -0.1) is 0 Å². The molecule has 1 heterocycles. The molecule has 0 unspecified atom stereocenters. The molecule has 2 aromatic rings. The van der Waals surface area contributed by atoms with Crippen molar-refractivity contribution in [3.63, 3.8) is 0 Å². The molecule has 0 saturated carbocycles. The van der Waals surface area contributed by atoms with Crippen LogP contribution in [0.1, 0.15) is 27.9 Å². The van der Waals surface area contributed by atoms with Gasteiger partial charge in [0.05, 0.1) is 18.4 Å². The molecule has 0 fully saturated rings. The van der Waals surface area contributed by atoms with Crippen molar-refractivity contribution in [3.05, 3.63) is 59.3 Å². The van der Waals surface area contributed by atoms with Crippen LogP contribution in [0.2, 0.25) is 0 Å². The van der Waals surface area contributed by atoms with Gasteiger partial charge in [-0.3, -0.25) is 4.79 Å². The first-order valence-electron chi connectivity index (χ1n) is 6.39. The Morgan fingerprint density at radius 1 is 1.38 bits per heavy atom. The van der Waals surface area contributed by atoms with E-state index in [-0.39, 0.29) is 19.1 Å². The Hall–Kier alpha value is -2.58. The van der Waals surface area contributed by atoms with Crippen LogP contribution in [0, 0.1) is 17.7 Å². The van der Waals surface area contributed by atoms with Crippen molar-refractivity contribution in [2.24, 2.45) is 0 Å². The van der Waals surface area contributed by atoms with Crippen molar-refractivity contribution in [2.45, 2.75) is 13.0 Å². The predicted molar refractivity (Wildman–Crippen MR) is 74.9 cm³/mol. The summed E-state index contributed by atoms with van der Waals surface area (Å²) in [6, 6.07) is 5.97. The second-order valence-electron chi connectivity index (χ2n) is 4.28. The van der Waals surface area contributed by atoms with Crippen LogP contribution in [-0.4, -0.2) is 17.6 Å². The summed E-state index contributed by atoms with van der Waals surface area (Å²) in [5, 5.41) is 11.3. The number of aliphatic hydroxyl groups excluding tert-OH is 1. The van der Waals surface area contributed by atoms with Crippen molar-refractivity contribution < 1.29 is 18.7 Å². The number of amides is 1. The highest BCUT2D eigenvalue weighted by Crippen LogP contribution is 2.10. The van der Waals surface area contributed by atoms with E-state index in [4.69, 9.17) is 9.52 Å². The fourth-order valence-electron chi connectivity index (χ4n) is 1.68. The molecule has 108 valence electrons. The van der Waals surface area contributed by atoms with E-state index in [9.17, 15) is 9.18 Å². The summed E-state index contributed by atoms with van der Waals surface area (Å²) >= 11 is 0. The average molecular weight is 287 g/mol. The number of rotatable bonds is 4. The van der Waals surface area contributed by atoms with Gasteiger partial charge in [-0.25, -0.2) is 4.39 Å². The fourth-order valence-corrected chi connectivity index (χ4v) is 1.68. The van der Waals surface area contributed by atoms with Crippen LogP contribution >= 0.6 is 0 Å². The molecule has 4 nitrogen and oxygen atoms in total. The molecule has 0 spiro atoms. The van der Waals surface area contributed by atoms with E-state index in [1.807, 2.05) is 0 Å². The largest absolute Gasteiger partial charge is 0.472 e. The van der Waals surface area contributed by atoms with Crippen LogP contribution in [0.25, 0.3) is 0 Å². The maximum atomic E-state index is 13.7. The Morgan fingerprint density at radius 2 is 2.24 bits per heavy atom. The summed E-state index contributed by atoms with van der Waals surface area (Å²) in [5.74, 6) is 4.85. The first-order valence-corrected chi connectivity index (χ1v) is 6.39. The zero-order chi connectivity index (χ0) is 15.1. The number of hydrogen-bond acceptors (Lipinski definition) is 3. The number of nitrogens with one attached hydrogen (secondary N) is 1. The Balaban J connectivity index is 2.04. The quantitative estimate of drug-likeness (QED) is 0.846. The van der Waals surface area contributed by atoms with E-state index in [2.05, 4.69) is 17.2 Å². The summed E-state index contributed by atoms with van der Waals surface area (Å²) in [7, 11) is 0. The van der Waals surface area contributed by atoms with Crippen molar-refractivity contribution in [1.29, 1.82) is 0 Å². The highest BCUT2D eigenvalue weighted by atomic mass is 19.1. The van der Waals surface area contributed by atoms with Crippen molar-refractivity contribution in [2.75, 3.05) is 6.61 Å². The predicted octanol–water partition coefficient (Wildman–Crippen LogP) is 2.08. The van der Waals surface area contributed by atoms with Crippen LogP contribution < -0.4 is 5.32 Å². The number of hydrogen-bond donors (Lipinski definition) is 2. The number of furan rings is 1. The zero-order valence-electron chi connectivity index (χ0n) is 11.2. The fraction of sp³-hybridized carbons (Fsp3) is 0.188. The molecule has 1 amide bonds. The Labute approximate surface area is 121 Å². The van der Waals surface area contributed by atoms with Crippen LogP contribution in [0.15, 0.2) is 41.2 Å². The third kappa shape index (κ3) is 4.20. The topological polar surface area (TPSA) is 62.5 Å². The Kier molecular flexibility index (Phi) is 5.13. The van der Waals surface area contributed by atoms with Gasteiger partial charge in [0.15, 0.2) is 0 Å². The Bertz CT molecular complexity index is 669. The average Bonchev–Trinajstić information content (AvgIpc) is 3.02. The lowest BCUT2D eigenvalue weighted by molar-refractivity contribution is 0.0950. The van der Waals surface area contributed by atoms with Gasteiger partial charge in [0, 0.05) is 24.1 Å². The van der Waals surface area contributed by atoms with Crippen LogP contribution in [0.4, 0.5) is 4.39 Å². The van der Waals surface area contributed by atoms with Crippen molar-refractivity contribution in [1.82, 2.24) is 5.32 Å². The van der Waals surface area contributed by atoms with Gasteiger partial charge >= 0.3 is 0 Å². The van der Waals surface area contributed by atoms with E-state index in [0.717, 1.165) is 0 Å². The second kappa shape index (κ2) is 7.27. The van der Waals surface area contributed by atoms with E-state index < -0.39 is 5.82 Å². The lowest BCUT2D eigenvalue weighted by atomic mass is 10.1. The smallest absolute Gasteiger partial charge is 0.254 e. The third-order valence-electron chi connectivity index (χ3n) is 2.74. The van der Waals surface area contributed by atoms with Crippen molar-refractivity contribution in [3.8, 4) is 11.8 Å². The van der Waals surface area contributed by atoms with Crippen LogP contribution in [0.3, 0.4) is 0 Å². The molecule has 2 rings (SSSR count). The van der Waals surface area contributed by atoms with Gasteiger partial charge in [-0.1, -0.05) is 11.8 Å². The number of aliphatic hydroxyl groups is 1. The maximum Gasteiger partial charge on any atom is 0.254 e. The minimum Gasteiger partial charge on any atom is -0.472 e. The molecule has 0 aliphatic heterocycles. The lowest BCUT2D eigenvalue weighted by Crippen LogP contribution is -2.22. The molecule has 0 saturated heterocycles. The SMILES string of the molecule is O=C(NCc1cc(C#CCCO)ccc1F)c1ccoc1. The lowest BCUT2D eigenvalue weighted by Gasteiger charge is -2.05. The molecule has 0 bridgehead atoms. The first-order chi connectivity index (χ1) is 10.2. The normalized spacial score (nSPS) is 9.81. The maximum absolute atomic E-state index is 13.7. The number of carbonyl (C=O) groups is 1. The molecular formula is C16H14FNO3. The number of carbonyl (C=O) groups excluding carboxylic acids is 1. The minimum atomic E-state index is -0.407. The standard InChI is InChI=1S/C16H14FNO3/c17-15-5-4-12(3-1-2-7-19)9-14(15)10-18-16(20)13-6-8-21-11-13/h4-6,8-9,11,19H,2,7,10H2,(H,18,20). The monoisotopic (exact) mass is 287 g/mol. The number of benzene rings is 1. The van der Waals surface area contributed by atoms with Crippen LogP contribution in [0.5, 0.6) is 0 Å². The van der Waals surface area contributed by atoms with E-state index in [1.54, 1.807) is 12.1 Å². The summed E-state index contributed by atoms with van der Waals surface area (Å²) in [6.45, 7) is 0.0488. The summed E-state index contributed by atoms with van der Waals surface area (Å²) in [4.78, 5) is 11.7. The van der Waals surface area contributed by atoms with Gasteiger partial charge in [0.1, 0.15) is 12.1 Å². The molecule has 2 N–H and O–H groups in total. The van der Waals surface area contributed by atoms with Gasteiger partial charge in [0.25, 0.3) is 5.91 Å². The minimum absolute atomic E-state index is 0.0121. The van der Waals surface area contributed by atoms with Crippen molar-refractivity contribution >= 4 is 5.91 Å². The van der Waals surface area contributed by atoms with Crippen LogP contribution in [-0.2, 0) is 6.54 Å². The molecule has 0 atom stereocenters. The first kappa shape index (κ1) is 14.8. The highest BCUT2D eigenvalue weighted by molar-refractivity contribution is 5.93. The van der Waals surface area contributed by atoms with Gasteiger partial charge < -0.3 is 14.8 Å². The molecule has 0 aliphatic carbocycles. The molecule has 0 radical (unpaired) electrons. The second-order valence-corrected chi connectivity index (χ2v) is 4.28. The number of halogens is 1. The molecule has 5 heteroatoms.